The molecule has 328 valence electrons. The maximum absolute atomic E-state index is 14.0. The molecule has 19 heteroatoms. The largest absolute Gasteiger partial charge is 0.497 e. The maximum Gasteiger partial charge on any atom is 0.417 e. The highest BCUT2D eigenvalue weighted by molar-refractivity contribution is 7.89. The summed E-state index contributed by atoms with van der Waals surface area (Å²) in [6.07, 6.45) is -3.82. The number of carbonyl (C=O) groups excluding carboxylic acids is 1. The molecule has 1 amide bonds. The van der Waals surface area contributed by atoms with Crippen LogP contribution in [0.1, 0.15) is 38.3 Å². The van der Waals surface area contributed by atoms with E-state index in [-0.39, 0.29) is 48.7 Å². The van der Waals surface area contributed by atoms with E-state index in [1.54, 1.807) is 54.6 Å². The van der Waals surface area contributed by atoms with Gasteiger partial charge in [-0.2, -0.15) is 4.31 Å². The zero-order valence-corrected chi connectivity index (χ0v) is 35.8. The fourth-order valence-electron chi connectivity index (χ4n) is 7.32. The number of alkyl carbamates (subject to hydrolysis) is 1. The second-order valence-electron chi connectivity index (χ2n) is 15.5. The highest BCUT2D eigenvalue weighted by atomic mass is 32.2. The Labute approximate surface area is 350 Å². The molecule has 3 aliphatic heterocycles. The molecule has 6 rings (SSSR count). The van der Waals surface area contributed by atoms with Crippen LogP contribution in [0.25, 0.3) is 0 Å². The van der Waals surface area contributed by atoms with E-state index >= 15 is 0 Å². The summed E-state index contributed by atoms with van der Waals surface area (Å²) in [6, 6.07) is 18.7. The normalized spacial score (nSPS) is 21.6. The topological polar surface area (TPSA) is 209 Å². The van der Waals surface area contributed by atoms with Crippen LogP contribution < -0.4 is 19.3 Å². The average Bonchev–Trinajstić information content (AvgIpc) is 3.85. The van der Waals surface area contributed by atoms with E-state index in [1.807, 2.05) is 24.8 Å². The molecule has 0 radical (unpaired) electrons. The van der Waals surface area contributed by atoms with Crippen LogP contribution in [-0.4, -0.2) is 123 Å². The van der Waals surface area contributed by atoms with E-state index in [0.717, 1.165) is 11.1 Å². The Bertz CT molecular complexity index is 2080. The van der Waals surface area contributed by atoms with E-state index in [1.165, 1.54) is 30.5 Å². The van der Waals surface area contributed by atoms with Gasteiger partial charge in [0.25, 0.3) is 0 Å². The molecule has 0 aromatic heterocycles. The molecule has 2 saturated heterocycles. The van der Waals surface area contributed by atoms with Gasteiger partial charge in [0.15, 0.2) is 12.4 Å². The Morgan fingerprint density at radius 3 is 2.42 bits per heavy atom. The van der Waals surface area contributed by atoms with E-state index < -0.39 is 66.7 Å². The number of aliphatic hydroxyl groups is 1. The molecule has 0 bridgehead atoms. The van der Waals surface area contributed by atoms with Crippen molar-refractivity contribution in [3.8, 4) is 17.2 Å². The average molecular weight is 876 g/mol. The first-order valence-electron chi connectivity index (χ1n) is 19.9. The molecular formula is C41H54N3O14PS. The lowest BCUT2D eigenvalue weighted by Gasteiger charge is -2.35. The lowest BCUT2D eigenvalue weighted by molar-refractivity contribution is -0.144. The third kappa shape index (κ3) is 11.8. The fourth-order valence-corrected chi connectivity index (χ4v) is 10.4. The Kier molecular flexibility index (Phi) is 15.1. The number of benzene rings is 3. The van der Waals surface area contributed by atoms with Crippen molar-refractivity contribution in [2.75, 3.05) is 52.9 Å². The second kappa shape index (κ2) is 20.1. The Balaban J connectivity index is 1.16. The number of aliphatic hydroxyl groups excluding tert-OH is 1. The first-order valence-corrected chi connectivity index (χ1v) is 23.0. The minimum atomic E-state index is -4.10. The van der Waals surface area contributed by atoms with Gasteiger partial charge in [0.2, 0.25) is 16.4 Å². The van der Waals surface area contributed by atoms with Crippen molar-refractivity contribution in [1.82, 2.24) is 14.5 Å². The number of methoxy groups -OCH3 is 1. The number of hydrogen-bond acceptors (Lipinski definition) is 14. The molecule has 1 unspecified atom stereocenters. The number of sulfonamides is 1. The molecule has 0 saturated carbocycles. The SMILES string of the molecule is COc1ccc(S(=O)(=O)N(CC(C)C)C[C@@H](O)[C@H](CN2CCc3cc(OCP(=O)(Oc4ccccc4)O[C@@H](C)C(=O)O)ccc3C2)NC(=O)O[C@H]2CO[C@H]3OCC[C@H]32)cc1. The first kappa shape index (κ1) is 45.3. The van der Waals surface area contributed by atoms with Crippen molar-refractivity contribution in [2.45, 2.75) is 75.7 Å². The number of rotatable bonds is 20. The van der Waals surface area contributed by atoms with E-state index in [0.29, 0.717) is 44.0 Å². The smallest absolute Gasteiger partial charge is 0.417 e. The summed E-state index contributed by atoms with van der Waals surface area (Å²) in [4.78, 5) is 27.1. The van der Waals surface area contributed by atoms with Crippen LogP contribution in [0.2, 0.25) is 0 Å². The van der Waals surface area contributed by atoms with Crippen molar-refractivity contribution < 1.29 is 65.5 Å². The van der Waals surface area contributed by atoms with E-state index in [4.69, 9.17) is 32.7 Å². The van der Waals surface area contributed by atoms with Gasteiger partial charge in [0.1, 0.15) is 23.4 Å². The molecule has 3 aromatic rings. The molecule has 3 aliphatic rings. The van der Waals surface area contributed by atoms with Gasteiger partial charge in [0.05, 0.1) is 43.3 Å². The molecule has 3 N–H and O–H groups in total. The number of amides is 1. The fraction of sp³-hybridized carbons (Fsp3) is 0.512. The summed E-state index contributed by atoms with van der Waals surface area (Å²) in [5.74, 6) is -0.389. The van der Waals surface area contributed by atoms with Crippen molar-refractivity contribution in [3.63, 3.8) is 0 Å². The number of nitrogens with one attached hydrogen (secondary N) is 1. The van der Waals surface area contributed by atoms with Crippen LogP contribution in [0.15, 0.2) is 77.7 Å². The quantitative estimate of drug-likeness (QED) is 0.131. The van der Waals surface area contributed by atoms with Crippen molar-refractivity contribution >= 4 is 29.7 Å². The molecule has 2 fully saturated rings. The van der Waals surface area contributed by atoms with Crippen LogP contribution in [0.5, 0.6) is 17.2 Å². The summed E-state index contributed by atoms with van der Waals surface area (Å²) in [5, 5.41) is 24.1. The van der Waals surface area contributed by atoms with E-state index in [9.17, 15) is 32.8 Å². The summed E-state index contributed by atoms with van der Waals surface area (Å²) >= 11 is 0. The number of carbonyl (C=O) groups is 2. The predicted octanol–water partition coefficient (Wildman–Crippen LogP) is 4.72. The summed E-state index contributed by atoms with van der Waals surface area (Å²) in [6.45, 7) is 6.59. The van der Waals surface area contributed by atoms with Crippen molar-refractivity contribution in [3.05, 3.63) is 83.9 Å². The lowest BCUT2D eigenvalue weighted by Crippen LogP contribution is -2.55. The van der Waals surface area contributed by atoms with Crippen LogP contribution in [0.4, 0.5) is 4.79 Å². The van der Waals surface area contributed by atoms with E-state index in [2.05, 4.69) is 5.32 Å². The Morgan fingerprint density at radius 2 is 1.72 bits per heavy atom. The molecule has 7 atom stereocenters. The van der Waals surface area contributed by atoms with Crippen molar-refractivity contribution in [1.29, 1.82) is 0 Å². The zero-order valence-electron chi connectivity index (χ0n) is 34.1. The molecule has 3 heterocycles. The summed E-state index contributed by atoms with van der Waals surface area (Å²) in [5.41, 5.74) is 1.87. The van der Waals surface area contributed by atoms with Crippen LogP contribution in [0.3, 0.4) is 0 Å². The number of fused-ring (bicyclic) bond motifs is 2. The number of carboxylic acids is 1. The monoisotopic (exact) mass is 875 g/mol. The number of ether oxygens (including phenoxy) is 5. The number of aliphatic carboxylic acids is 1. The van der Waals surface area contributed by atoms with Gasteiger partial charge in [-0.25, -0.2) is 22.6 Å². The van der Waals surface area contributed by atoms with Gasteiger partial charge in [-0.05, 0) is 85.3 Å². The highest BCUT2D eigenvalue weighted by Gasteiger charge is 2.44. The standard InChI is InChI=1S/C41H54N3O14PS/c1-27(2)21-44(60(50,51)34-14-12-31(52-4)13-15-34)24-37(45)36(42-41(48)56-38-25-54-40-35(38)17-19-53-40)23-43-18-16-29-20-33(11-10-30(29)22-43)55-26-59(49,57-28(3)39(46)47)58-32-8-6-5-7-9-32/h5-15,20,27-28,35-38,40,45H,16-19,21-26H2,1-4H3,(H,42,48)(H,46,47)/t28-,35-,36-,37+,38-,40+,59?/m0/s1. The van der Waals surface area contributed by atoms with Gasteiger partial charge in [-0.1, -0.05) is 38.1 Å². The Morgan fingerprint density at radius 1 is 0.983 bits per heavy atom. The maximum atomic E-state index is 14.0. The van der Waals surface area contributed by atoms with Gasteiger partial charge < -0.3 is 43.7 Å². The molecular weight excluding hydrogens is 821 g/mol. The number of carboxylic acid groups (broad SMARTS) is 1. The molecule has 0 aliphatic carbocycles. The minimum absolute atomic E-state index is 0.0412. The molecule has 60 heavy (non-hydrogen) atoms. The van der Waals surface area contributed by atoms with Gasteiger partial charge in [-0.15, -0.1) is 0 Å². The van der Waals surface area contributed by atoms with Gasteiger partial charge >= 0.3 is 19.7 Å². The number of para-hydroxylation sites is 1. The van der Waals surface area contributed by atoms with Crippen molar-refractivity contribution in [2.24, 2.45) is 11.8 Å². The van der Waals surface area contributed by atoms with Crippen LogP contribution >= 0.6 is 7.60 Å². The Hall–Kier alpha value is -4.26. The second-order valence-corrected chi connectivity index (χ2v) is 19.3. The number of hydrogen-bond donors (Lipinski definition) is 3. The summed E-state index contributed by atoms with van der Waals surface area (Å²) < 4.78 is 82.0. The predicted molar refractivity (Wildman–Crippen MR) is 217 cm³/mol. The first-order chi connectivity index (χ1) is 28.6. The molecule has 17 nitrogen and oxygen atoms in total. The van der Waals surface area contributed by atoms with Gasteiger partial charge in [0, 0.05) is 32.7 Å². The zero-order chi connectivity index (χ0) is 43.0. The minimum Gasteiger partial charge on any atom is -0.497 e. The van der Waals surface area contributed by atoms with Gasteiger partial charge in [-0.3, -0.25) is 9.42 Å². The van der Waals surface area contributed by atoms with Crippen LogP contribution in [-0.2, 0) is 51.1 Å². The van der Waals surface area contributed by atoms with Crippen LogP contribution in [0, 0.1) is 11.8 Å². The highest BCUT2D eigenvalue weighted by Crippen LogP contribution is 2.49. The third-order valence-electron chi connectivity index (χ3n) is 10.4. The third-order valence-corrected chi connectivity index (χ3v) is 13.9. The summed E-state index contributed by atoms with van der Waals surface area (Å²) in [7, 11) is -6.67. The lowest BCUT2D eigenvalue weighted by atomic mass is 9.98. The number of nitrogens with zero attached hydrogens (tertiary/aromatic N) is 2. The molecule has 3 aromatic carbocycles. The molecule has 0 spiro atoms.